The lowest BCUT2D eigenvalue weighted by molar-refractivity contribution is -0.113. The minimum Gasteiger partial charge on any atom is -0.497 e. The highest BCUT2D eigenvalue weighted by atomic mass is 32.2. The van der Waals surface area contributed by atoms with E-state index in [1.54, 1.807) is 42.3 Å². The van der Waals surface area contributed by atoms with Gasteiger partial charge in [0.2, 0.25) is 5.91 Å². The van der Waals surface area contributed by atoms with E-state index in [1.807, 2.05) is 36.4 Å². The van der Waals surface area contributed by atoms with Crippen LogP contribution in [-0.4, -0.2) is 35.4 Å². The molecule has 0 aliphatic heterocycles. The van der Waals surface area contributed by atoms with Crippen molar-refractivity contribution in [3.05, 3.63) is 69.3 Å². The van der Waals surface area contributed by atoms with E-state index < -0.39 is 0 Å². The van der Waals surface area contributed by atoms with Crippen LogP contribution in [-0.2, 0) is 17.6 Å². The number of nitrogens with zero attached hydrogens (tertiary/aromatic N) is 2. The van der Waals surface area contributed by atoms with Crippen LogP contribution in [0.4, 0.5) is 5.69 Å². The van der Waals surface area contributed by atoms with Crippen LogP contribution >= 0.6 is 23.1 Å². The predicted octanol–water partition coefficient (Wildman–Crippen LogP) is 5.07. The molecule has 4 aromatic rings. The smallest absolute Gasteiger partial charge is 0.267 e. The van der Waals surface area contributed by atoms with Gasteiger partial charge < -0.3 is 14.8 Å². The number of thiophene rings is 1. The molecule has 9 heteroatoms. The van der Waals surface area contributed by atoms with Crippen LogP contribution < -0.4 is 20.3 Å². The number of amides is 1. The third-order valence-electron chi connectivity index (χ3n) is 6.00. The van der Waals surface area contributed by atoms with Crippen LogP contribution in [0.1, 0.15) is 23.3 Å². The van der Waals surface area contributed by atoms with Crippen molar-refractivity contribution in [2.75, 3.05) is 25.3 Å². The minimum atomic E-state index is -0.208. The quantitative estimate of drug-likeness (QED) is 0.278. The molecule has 1 N–H and O–H groups in total. The van der Waals surface area contributed by atoms with Crippen LogP contribution in [0, 0.1) is 0 Å². The van der Waals surface area contributed by atoms with Gasteiger partial charge in [-0.3, -0.25) is 14.2 Å². The van der Waals surface area contributed by atoms with Gasteiger partial charge in [-0.05, 0) is 67.6 Å². The van der Waals surface area contributed by atoms with Crippen molar-refractivity contribution in [1.82, 2.24) is 9.55 Å². The Morgan fingerprint density at radius 1 is 1.09 bits per heavy atom. The van der Waals surface area contributed by atoms with Gasteiger partial charge in [-0.2, -0.15) is 0 Å². The third kappa shape index (κ3) is 4.66. The molecule has 1 amide bonds. The molecule has 35 heavy (non-hydrogen) atoms. The van der Waals surface area contributed by atoms with E-state index in [0.29, 0.717) is 33.4 Å². The number of carbonyl (C=O) groups excluding carboxylic acids is 1. The molecule has 0 atom stereocenters. The van der Waals surface area contributed by atoms with Crippen molar-refractivity contribution >= 4 is 44.9 Å². The Morgan fingerprint density at radius 2 is 1.86 bits per heavy atom. The number of para-hydroxylation sites is 2. The normalized spacial score (nSPS) is 12.9. The average molecular weight is 508 g/mol. The van der Waals surface area contributed by atoms with Gasteiger partial charge in [-0.15, -0.1) is 11.3 Å². The second-order valence-corrected chi connectivity index (χ2v) is 10.2. The number of nitrogens with one attached hydrogen (secondary N) is 1. The third-order valence-corrected chi connectivity index (χ3v) is 8.13. The van der Waals surface area contributed by atoms with Gasteiger partial charge in [0, 0.05) is 4.88 Å². The molecule has 7 nitrogen and oxygen atoms in total. The number of thioether (sulfide) groups is 1. The molecule has 0 saturated heterocycles. The summed E-state index contributed by atoms with van der Waals surface area (Å²) in [6.45, 7) is 0. The van der Waals surface area contributed by atoms with Gasteiger partial charge in [0.1, 0.15) is 16.3 Å². The first-order valence-corrected chi connectivity index (χ1v) is 13.2. The van der Waals surface area contributed by atoms with Crippen molar-refractivity contribution in [2.24, 2.45) is 0 Å². The Morgan fingerprint density at radius 3 is 2.63 bits per heavy atom. The number of carbonyl (C=O) groups is 1. The molecule has 1 aliphatic carbocycles. The maximum atomic E-state index is 13.8. The molecule has 0 radical (unpaired) electrons. The Hall–Kier alpha value is -3.30. The van der Waals surface area contributed by atoms with Crippen LogP contribution in [0.5, 0.6) is 11.5 Å². The number of hydrogen-bond donors (Lipinski definition) is 1. The van der Waals surface area contributed by atoms with Crippen molar-refractivity contribution < 1.29 is 14.3 Å². The number of aryl methyl sites for hydroxylation is 2. The fourth-order valence-electron chi connectivity index (χ4n) is 4.31. The summed E-state index contributed by atoms with van der Waals surface area (Å²) in [5.74, 6) is 1.18. The highest BCUT2D eigenvalue weighted by Crippen LogP contribution is 2.35. The van der Waals surface area contributed by atoms with Crippen LogP contribution in [0.15, 0.2) is 58.5 Å². The number of anilines is 1. The van der Waals surface area contributed by atoms with E-state index in [1.165, 1.54) is 16.6 Å². The van der Waals surface area contributed by atoms with Crippen LogP contribution in [0.25, 0.3) is 15.9 Å². The summed E-state index contributed by atoms with van der Waals surface area (Å²) in [7, 11) is 3.17. The van der Waals surface area contributed by atoms with Crippen molar-refractivity contribution in [1.29, 1.82) is 0 Å². The van der Waals surface area contributed by atoms with E-state index in [0.717, 1.165) is 36.1 Å². The Bertz CT molecular complexity index is 1440. The van der Waals surface area contributed by atoms with Gasteiger partial charge in [0.05, 0.1) is 36.7 Å². The maximum absolute atomic E-state index is 13.8. The predicted molar refractivity (Wildman–Crippen MR) is 141 cm³/mol. The number of benzene rings is 2. The molecule has 0 spiro atoms. The van der Waals surface area contributed by atoms with Crippen molar-refractivity contribution in [3.8, 4) is 17.2 Å². The Kier molecular flexibility index (Phi) is 6.79. The summed E-state index contributed by atoms with van der Waals surface area (Å²) >= 11 is 2.85. The highest BCUT2D eigenvalue weighted by Gasteiger charge is 2.23. The zero-order chi connectivity index (χ0) is 24.4. The van der Waals surface area contributed by atoms with Crippen LogP contribution in [0.3, 0.4) is 0 Å². The van der Waals surface area contributed by atoms with E-state index in [4.69, 9.17) is 14.5 Å². The summed E-state index contributed by atoms with van der Waals surface area (Å²) in [6.07, 6.45) is 4.11. The van der Waals surface area contributed by atoms with E-state index in [9.17, 15) is 9.59 Å². The van der Waals surface area contributed by atoms with Gasteiger partial charge in [-0.25, -0.2) is 4.98 Å². The van der Waals surface area contributed by atoms with Crippen LogP contribution in [0.2, 0.25) is 0 Å². The zero-order valence-electron chi connectivity index (χ0n) is 19.5. The largest absolute Gasteiger partial charge is 0.497 e. The summed E-state index contributed by atoms with van der Waals surface area (Å²) in [4.78, 5) is 33.5. The average Bonchev–Trinajstić information content (AvgIpc) is 3.26. The molecule has 0 unspecified atom stereocenters. The van der Waals surface area contributed by atoms with Gasteiger partial charge in [0.25, 0.3) is 5.56 Å². The number of aromatic nitrogens is 2. The fraction of sp³-hybridized carbons (Fsp3) is 0.269. The molecular weight excluding hydrogens is 482 g/mol. The monoisotopic (exact) mass is 507 g/mol. The number of ether oxygens (including phenoxy) is 2. The SMILES string of the molecule is COc1ccc(-n2c(SCC(=O)Nc3ccccc3OC)nc3sc4c(c3c2=O)CCCC4)cc1. The van der Waals surface area contributed by atoms with E-state index >= 15 is 0 Å². The first-order chi connectivity index (χ1) is 17.1. The van der Waals surface area contributed by atoms with Crippen molar-refractivity contribution in [2.45, 2.75) is 30.8 Å². The number of fused-ring (bicyclic) bond motifs is 3. The van der Waals surface area contributed by atoms with E-state index in [2.05, 4.69) is 5.32 Å². The molecule has 5 rings (SSSR count). The fourth-order valence-corrected chi connectivity index (χ4v) is 6.42. The topological polar surface area (TPSA) is 82.4 Å². The lowest BCUT2D eigenvalue weighted by atomic mass is 9.97. The number of rotatable bonds is 7. The zero-order valence-corrected chi connectivity index (χ0v) is 21.1. The molecule has 2 aromatic heterocycles. The lowest BCUT2D eigenvalue weighted by Gasteiger charge is -2.14. The summed E-state index contributed by atoms with van der Waals surface area (Å²) in [5, 5.41) is 4.08. The molecule has 2 aromatic carbocycles. The molecule has 180 valence electrons. The second-order valence-electron chi connectivity index (χ2n) is 8.16. The molecular formula is C26H25N3O4S2. The van der Waals surface area contributed by atoms with E-state index in [-0.39, 0.29) is 17.2 Å². The molecule has 0 fully saturated rings. The number of methoxy groups -OCH3 is 2. The van der Waals surface area contributed by atoms with Crippen molar-refractivity contribution in [3.63, 3.8) is 0 Å². The Balaban J connectivity index is 1.51. The summed E-state index contributed by atoms with van der Waals surface area (Å²) in [5.41, 5.74) is 2.34. The first-order valence-electron chi connectivity index (χ1n) is 11.4. The summed E-state index contributed by atoms with van der Waals surface area (Å²) in [6, 6.07) is 14.6. The van der Waals surface area contributed by atoms with Gasteiger partial charge in [0.15, 0.2) is 5.16 Å². The number of hydrogen-bond acceptors (Lipinski definition) is 7. The Labute approximate surface area is 211 Å². The first kappa shape index (κ1) is 23.4. The molecule has 1 aliphatic rings. The molecule has 0 bridgehead atoms. The second kappa shape index (κ2) is 10.1. The molecule has 0 saturated carbocycles. The van der Waals surface area contributed by atoms with Gasteiger partial charge in [-0.1, -0.05) is 23.9 Å². The highest BCUT2D eigenvalue weighted by molar-refractivity contribution is 7.99. The maximum Gasteiger partial charge on any atom is 0.267 e. The standard InChI is InChI=1S/C26H25N3O4S2/c1-32-17-13-11-16(12-14-17)29-25(31)23-18-7-3-6-10-21(18)35-24(23)28-26(29)34-15-22(30)27-19-8-4-5-9-20(19)33-2/h4-5,8-9,11-14H,3,6-7,10,15H2,1-2H3,(H,27,30). The van der Waals surface area contributed by atoms with Gasteiger partial charge >= 0.3 is 0 Å². The molecule has 2 heterocycles. The summed E-state index contributed by atoms with van der Waals surface area (Å²) < 4.78 is 12.2. The lowest BCUT2D eigenvalue weighted by Crippen LogP contribution is -2.23. The minimum absolute atomic E-state index is 0.0906.